The van der Waals surface area contributed by atoms with Gasteiger partial charge in [-0.2, -0.15) is 0 Å². The first kappa shape index (κ1) is 17.9. The quantitative estimate of drug-likeness (QED) is 0.604. The van der Waals surface area contributed by atoms with E-state index in [0.717, 1.165) is 35.4 Å². The molecule has 0 fully saturated rings. The Morgan fingerprint density at radius 3 is 2.76 bits per heavy atom. The number of thiocarbonyl (C=S) groups is 1. The van der Waals surface area contributed by atoms with E-state index in [1.807, 2.05) is 37.3 Å². The Bertz CT molecular complexity index is 756. The highest BCUT2D eigenvalue weighted by molar-refractivity contribution is 7.80. The van der Waals surface area contributed by atoms with Crippen LogP contribution in [0.3, 0.4) is 0 Å². The number of anilines is 1. The van der Waals surface area contributed by atoms with Crippen molar-refractivity contribution in [1.29, 1.82) is 0 Å². The Morgan fingerprint density at radius 2 is 2.00 bits per heavy atom. The van der Waals surface area contributed by atoms with Crippen molar-refractivity contribution < 1.29 is 9.53 Å². The molecule has 0 unspecified atom stereocenters. The number of thiophene rings is 1. The highest BCUT2D eigenvalue weighted by atomic mass is 32.1. The Hall–Kier alpha value is -1.92. The second-order valence-electron chi connectivity index (χ2n) is 5.93. The van der Waals surface area contributed by atoms with E-state index >= 15 is 0 Å². The van der Waals surface area contributed by atoms with Crippen LogP contribution in [0.25, 0.3) is 0 Å². The first-order chi connectivity index (χ1) is 12.2. The first-order valence-electron chi connectivity index (χ1n) is 8.59. The maximum atomic E-state index is 12.4. The minimum absolute atomic E-state index is 0.254. The van der Waals surface area contributed by atoms with Gasteiger partial charge in [-0.25, -0.2) is 4.79 Å². The molecule has 0 saturated carbocycles. The third-order valence-electron chi connectivity index (χ3n) is 4.17. The second-order valence-corrected chi connectivity index (χ2v) is 7.44. The van der Waals surface area contributed by atoms with Crippen molar-refractivity contribution in [2.24, 2.45) is 0 Å². The summed E-state index contributed by atoms with van der Waals surface area (Å²) in [5, 5.41) is 7.74. The lowest BCUT2D eigenvalue weighted by molar-refractivity contribution is 0.0526. The summed E-state index contributed by atoms with van der Waals surface area (Å²) in [7, 11) is 0. The fourth-order valence-corrected chi connectivity index (χ4v) is 4.52. The second kappa shape index (κ2) is 8.45. The molecule has 1 aliphatic rings. The molecule has 2 aromatic rings. The summed E-state index contributed by atoms with van der Waals surface area (Å²) in [4.78, 5) is 13.7. The zero-order valence-corrected chi connectivity index (χ0v) is 15.9. The van der Waals surface area contributed by atoms with Crippen molar-refractivity contribution in [3.63, 3.8) is 0 Å². The van der Waals surface area contributed by atoms with E-state index in [1.54, 1.807) is 11.3 Å². The largest absolute Gasteiger partial charge is 0.462 e. The molecule has 25 heavy (non-hydrogen) atoms. The minimum atomic E-state index is -0.254. The summed E-state index contributed by atoms with van der Waals surface area (Å²) in [6.45, 7) is 2.85. The van der Waals surface area contributed by atoms with E-state index in [1.165, 1.54) is 11.3 Å². The zero-order chi connectivity index (χ0) is 17.6. The van der Waals surface area contributed by atoms with Crippen LogP contribution in [0.4, 0.5) is 5.00 Å². The van der Waals surface area contributed by atoms with Crippen LogP contribution in [0.15, 0.2) is 30.3 Å². The minimum Gasteiger partial charge on any atom is -0.462 e. The van der Waals surface area contributed by atoms with Gasteiger partial charge in [0.1, 0.15) is 5.00 Å². The number of aryl methyl sites for hydroxylation is 1. The number of ether oxygens (including phenoxy) is 1. The molecule has 1 aromatic carbocycles. The van der Waals surface area contributed by atoms with E-state index in [0.29, 0.717) is 23.8 Å². The maximum Gasteiger partial charge on any atom is 0.341 e. The molecular weight excluding hydrogens is 352 g/mol. The monoisotopic (exact) mass is 374 g/mol. The van der Waals surface area contributed by atoms with Crippen molar-refractivity contribution in [1.82, 2.24) is 5.32 Å². The number of esters is 1. The Balaban J connectivity index is 1.73. The van der Waals surface area contributed by atoms with Crippen molar-refractivity contribution in [2.45, 2.75) is 39.2 Å². The van der Waals surface area contributed by atoms with Crippen LogP contribution in [0.5, 0.6) is 0 Å². The molecule has 0 amide bonds. The van der Waals surface area contributed by atoms with Gasteiger partial charge in [0.2, 0.25) is 0 Å². The predicted octanol–water partition coefficient (Wildman–Crippen LogP) is 4.29. The molecule has 1 aromatic heterocycles. The number of fused-ring (bicyclic) bond motifs is 1. The number of benzene rings is 1. The van der Waals surface area contributed by atoms with Crippen LogP contribution in [0, 0.1) is 0 Å². The van der Waals surface area contributed by atoms with Crippen molar-refractivity contribution in [3.05, 3.63) is 51.9 Å². The van der Waals surface area contributed by atoms with Gasteiger partial charge < -0.3 is 15.4 Å². The Labute approximate surface area is 157 Å². The fourth-order valence-electron chi connectivity index (χ4n) is 3.00. The van der Waals surface area contributed by atoms with Gasteiger partial charge in [0, 0.05) is 11.4 Å². The Kier molecular flexibility index (Phi) is 6.04. The molecule has 132 valence electrons. The summed E-state index contributed by atoms with van der Waals surface area (Å²) in [5.74, 6) is -0.254. The van der Waals surface area contributed by atoms with Crippen LogP contribution in [0.2, 0.25) is 0 Å². The smallest absolute Gasteiger partial charge is 0.341 e. The van der Waals surface area contributed by atoms with Gasteiger partial charge in [0.15, 0.2) is 5.11 Å². The average Bonchev–Trinajstić information content (AvgIpc) is 2.99. The summed E-state index contributed by atoms with van der Waals surface area (Å²) in [5.41, 5.74) is 2.97. The molecule has 6 heteroatoms. The zero-order valence-electron chi connectivity index (χ0n) is 14.3. The number of carbonyl (C=O) groups is 1. The predicted molar refractivity (Wildman–Crippen MR) is 106 cm³/mol. The van der Waals surface area contributed by atoms with Gasteiger partial charge in [0.25, 0.3) is 0 Å². The van der Waals surface area contributed by atoms with E-state index in [-0.39, 0.29) is 5.97 Å². The summed E-state index contributed by atoms with van der Waals surface area (Å²) >= 11 is 7.05. The SMILES string of the molecule is CCOC(=O)c1c(NC(=S)NCc2ccccc2)sc2c1CCCC2. The topological polar surface area (TPSA) is 50.4 Å². The van der Waals surface area contributed by atoms with Crippen molar-refractivity contribution >= 4 is 39.6 Å². The molecule has 0 atom stereocenters. The third-order valence-corrected chi connectivity index (χ3v) is 5.63. The van der Waals surface area contributed by atoms with Gasteiger partial charge in [-0.3, -0.25) is 0 Å². The number of carbonyl (C=O) groups excluding carboxylic acids is 1. The van der Waals surface area contributed by atoms with Gasteiger partial charge >= 0.3 is 5.97 Å². The number of nitrogens with one attached hydrogen (secondary N) is 2. The summed E-state index contributed by atoms with van der Waals surface area (Å²) < 4.78 is 5.27. The molecule has 3 rings (SSSR count). The standard InChI is InChI=1S/C19H22N2O2S2/c1-2-23-18(22)16-14-10-6-7-11-15(14)25-17(16)21-19(24)20-12-13-8-4-3-5-9-13/h3-5,8-9H,2,6-7,10-12H2,1H3,(H2,20,21,24). The van der Waals surface area contributed by atoms with Crippen LogP contribution in [-0.2, 0) is 24.1 Å². The van der Waals surface area contributed by atoms with Crippen LogP contribution in [0.1, 0.15) is 46.1 Å². The molecule has 2 N–H and O–H groups in total. The molecule has 1 heterocycles. The summed E-state index contributed by atoms with van der Waals surface area (Å²) in [6.07, 6.45) is 4.25. The normalized spacial score (nSPS) is 13.0. The van der Waals surface area contributed by atoms with Gasteiger partial charge in [-0.1, -0.05) is 30.3 Å². The third kappa shape index (κ3) is 4.38. The lowest BCUT2D eigenvalue weighted by Crippen LogP contribution is -2.28. The van der Waals surface area contributed by atoms with Crippen molar-refractivity contribution in [3.8, 4) is 0 Å². The maximum absolute atomic E-state index is 12.4. The van der Waals surface area contributed by atoms with Gasteiger partial charge in [0.05, 0.1) is 12.2 Å². The lowest BCUT2D eigenvalue weighted by atomic mass is 9.95. The van der Waals surface area contributed by atoms with Crippen LogP contribution < -0.4 is 10.6 Å². The van der Waals surface area contributed by atoms with Crippen molar-refractivity contribution in [2.75, 3.05) is 11.9 Å². The number of hydrogen-bond acceptors (Lipinski definition) is 4. The van der Waals surface area contributed by atoms with E-state index in [9.17, 15) is 4.79 Å². The first-order valence-corrected chi connectivity index (χ1v) is 9.82. The molecule has 0 saturated heterocycles. The van der Waals surface area contributed by atoms with Crippen LogP contribution in [-0.4, -0.2) is 17.7 Å². The number of rotatable bonds is 5. The molecule has 1 aliphatic carbocycles. The van der Waals surface area contributed by atoms with Gasteiger partial charge in [-0.15, -0.1) is 11.3 Å². The highest BCUT2D eigenvalue weighted by Gasteiger charge is 2.26. The van der Waals surface area contributed by atoms with E-state index in [4.69, 9.17) is 17.0 Å². The van der Waals surface area contributed by atoms with Gasteiger partial charge in [-0.05, 0) is 56.0 Å². The summed E-state index contributed by atoms with van der Waals surface area (Å²) in [6, 6.07) is 10.1. The highest BCUT2D eigenvalue weighted by Crippen LogP contribution is 2.38. The number of hydrogen-bond donors (Lipinski definition) is 2. The fraction of sp³-hybridized carbons (Fsp3) is 0.368. The molecular formula is C19H22N2O2S2. The molecule has 0 spiro atoms. The molecule has 0 bridgehead atoms. The molecule has 0 radical (unpaired) electrons. The van der Waals surface area contributed by atoms with E-state index in [2.05, 4.69) is 10.6 Å². The molecule has 0 aliphatic heterocycles. The average molecular weight is 375 g/mol. The van der Waals surface area contributed by atoms with E-state index < -0.39 is 0 Å². The lowest BCUT2D eigenvalue weighted by Gasteiger charge is -2.13. The molecule has 4 nitrogen and oxygen atoms in total. The Morgan fingerprint density at radius 1 is 1.24 bits per heavy atom. The van der Waals surface area contributed by atoms with Crippen LogP contribution >= 0.6 is 23.6 Å².